The summed E-state index contributed by atoms with van der Waals surface area (Å²) in [5, 5.41) is 0.0789. The zero-order valence-electron chi connectivity index (χ0n) is 11.6. The van der Waals surface area contributed by atoms with Crippen LogP contribution in [0.3, 0.4) is 0 Å². The van der Waals surface area contributed by atoms with Crippen molar-refractivity contribution in [2.75, 3.05) is 0 Å². The van der Waals surface area contributed by atoms with Crippen LogP contribution in [0.25, 0.3) is 11.1 Å². The molecule has 23 heavy (non-hydrogen) atoms. The van der Waals surface area contributed by atoms with E-state index in [2.05, 4.69) is 9.47 Å². The molecule has 1 aliphatic heterocycles. The van der Waals surface area contributed by atoms with Gasteiger partial charge in [0.2, 0.25) is 0 Å². The fourth-order valence-electron chi connectivity index (χ4n) is 2.45. The Kier molecular flexibility index (Phi) is 3.40. The topological polar surface area (TPSA) is 61.6 Å². The summed E-state index contributed by atoms with van der Waals surface area (Å²) in [5.74, 6) is -2.13. The minimum atomic E-state index is -3.78. The molecule has 3 rings (SSSR count). The van der Waals surface area contributed by atoms with E-state index in [4.69, 9.17) is 17.3 Å². The van der Waals surface area contributed by atoms with Gasteiger partial charge in [-0.2, -0.15) is 0 Å². The van der Waals surface area contributed by atoms with Gasteiger partial charge in [0.15, 0.2) is 11.5 Å². The molecule has 0 radical (unpaired) electrons. The highest BCUT2D eigenvalue weighted by Gasteiger charge is 2.44. The molecule has 0 bridgehead atoms. The maximum absolute atomic E-state index is 13.7. The average Bonchev–Trinajstić information content (AvgIpc) is 2.71. The van der Waals surface area contributed by atoms with Gasteiger partial charge in [-0.1, -0.05) is 17.7 Å². The highest BCUT2D eigenvalue weighted by Crippen LogP contribution is 2.46. The van der Waals surface area contributed by atoms with Crippen molar-refractivity contribution < 1.29 is 27.4 Å². The third-order valence-corrected chi connectivity index (χ3v) is 3.75. The van der Waals surface area contributed by atoms with Crippen molar-refractivity contribution in [2.24, 2.45) is 5.73 Å². The lowest BCUT2D eigenvalue weighted by atomic mass is 9.95. The predicted octanol–water partition coefficient (Wildman–Crippen LogP) is 3.87. The van der Waals surface area contributed by atoms with Crippen LogP contribution in [0.15, 0.2) is 24.3 Å². The predicted molar refractivity (Wildman–Crippen MR) is 76.3 cm³/mol. The third-order valence-electron chi connectivity index (χ3n) is 3.44. The summed E-state index contributed by atoms with van der Waals surface area (Å²) in [6.45, 7) is 1.48. The highest BCUT2D eigenvalue weighted by atomic mass is 35.5. The minimum absolute atomic E-state index is 0.0789. The Morgan fingerprint density at radius 2 is 1.78 bits per heavy atom. The normalized spacial score (nSPS) is 14.8. The van der Waals surface area contributed by atoms with Gasteiger partial charge in [-0.25, -0.2) is 4.39 Å². The summed E-state index contributed by atoms with van der Waals surface area (Å²) in [7, 11) is 0. The van der Waals surface area contributed by atoms with Gasteiger partial charge in [-0.05, 0) is 30.2 Å². The van der Waals surface area contributed by atoms with E-state index in [1.165, 1.54) is 25.1 Å². The van der Waals surface area contributed by atoms with Gasteiger partial charge in [0.05, 0.1) is 10.6 Å². The summed E-state index contributed by atoms with van der Waals surface area (Å²) >= 11 is 6.09. The van der Waals surface area contributed by atoms with Crippen LogP contribution in [-0.2, 0) is 0 Å². The number of nitrogens with two attached hydrogens (primary N) is 1. The zero-order chi connectivity index (χ0) is 16.9. The first kappa shape index (κ1) is 15.5. The molecule has 1 amide bonds. The average molecular weight is 344 g/mol. The molecule has 0 saturated heterocycles. The quantitative estimate of drug-likeness (QED) is 0.900. The van der Waals surface area contributed by atoms with Crippen LogP contribution < -0.4 is 15.2 Å². The number of hydrogen-bond acceptors (Lipinski definition) is 3. The molecule has 120 valence electrons. The van der Waals surface area contributed by atoms with Gasteiger partial charge in [0.25, 0.3) is 5.91 Å². The van der Waals surface area contributed by atoms with Gasteiger partial charge < -0.3 is 15.2 Å². The molecule has 0 fully saturated rings. The maximum atomic E-state index is 13.7. The van der Waals surface area contributed by atoms with Crippen LogP contribution >= 0.6 is 11.6 Å². The molecule has 4 nitrogen and oxygen atoms in total. The molecule has 2 N–H and O–H groups in total. The van der Waals surface area contributed by atoms with Crippen molar-refractivity contribution in [2.45, 2.75) is 13.2 Å². The first-order chi connectivity index (χ1) is 10.7. The second-order valence-corrected chi connectivity index (χ2v) is 5.31. The van der Waals surface area contributed by atoms with Crippen molar-refractivity contribution in [3.05, 3.63) is 46.2 Å². The van der Waals surface area contributed by atoms with Crippen molar-refractivity contribution in [1.29, 1.82) is 0 Å². The number of halogens is 4. The maximum Gasteiger partial charge on any atom is 0.586 e. The van der Waals surface area contributed by atoms with E-state index < -0.39 is 18.0 Å². The second-order valence-electron chi connectivity index (χ2n) is 4.91. The number of primary amides is 1. The van der Waals surface area contributed by atoms with E-state index in [-0.39, 0.29) is 33.2 Å². The molecule has 0 aliphatic carbocycles. The summed E-state index contributed by atoms with van der Waals surface area (Å²) in [5.41, 5.74) is 5.77. The van der Waals surface area contributed by atoms with Gasteiger partial charge in [-0.3, -0.25) is 4.79 Å². The molecule has 2 aromatic carbocycles. The first-order valence-electron chi connectivity index (χ1n) is 6.38. The van der Waals surface area contributed by atoms with Gasteiger partial charge in [-0.15, -0.1) is 8.78 Å². The molecular formula is C15H9ClF3NO3. The summed E-state index contributed by atoms with van der Waals surface area (Å²) in [4.78, 5) is 11.4. The van der Waals surface area contributed by atoms with Crippen LogP contribution in [0.4, 0.5) is 13.2 Å². The molecule has 1 aliphatic rings. The Bertz CT molecular complexity index is 839. The van der Waals surface area contributed by atoms with Gasteiger partial charge in [0, 0.05) is 11.6 Å². The molecule has 0 atom stereocenters. The number of carbonyl (C=O) groups is 1. The number of benzene rings is 2. The lowest BCUT2D eigenvalue weighted by molar-refractivity contribution is -0.286. The Morgan fingerprint density at radius 1 is 1.17 bits per heavy atom. The summed E-state index contributed by atoms with van der Waals surface area (Å²) in [6, 6.07) is 4.83. The van der Waals surface area contributed by atoms with Crippen molar-refractivity contribution in [3.63, 3.8) is 0 Å². The highest BCUT2D eigenvalue weighted by molar-refractivity contribution is 6.33. The molecule has 8 heteroatoms. The van der Waals surface area contributed by atoms with E-state index in [0.717, 1.165) is 6.07 Å². The van der Waals surface area contributed by atoms with Crippen molar-refractivity contribution in [3.8, 4) is 22.6 Å². The number of fused-ring (bicyclic) bond motifs is 1. The Labute approximate surface area is 133 Å². The van der Waals surface area contributed by atoms with E-state index in [1.807, 2.05) is 0 Å². The molecule has 0 unspecified atom stereocenters. The number of hydrogen-bond donors (Lipinski definition) is 1. The number of amides is 1. The largest absolute Gasteiger partial charge is 0.586 e. The molecule has 0 aromatic heterocycles. The molecular weight excluding hydrogens is 335 g/mol. The van der Waals surface area contributed by atoms with E-state index in [1.54, 1.807) is 0 Å². The van der Waals surface area contributed by atoms with Gasteiger partial charge >= 0.3 is 6.29 Å². The molecule has 0 spiro atoms. The zero-order valence-corrected chi connectivity index (χ0v) is 12.4. The van der Waals surface area contributed by atoms with E-state index in [9.17, 15) is 18.0 Å². The second kappa shape index (κ2) is 5.06. The fourth-order valence-corrected chi connectivity index (χ4v) is 2.71. The minimum Gasteiger partial charge on any atom is -0.395 e. The number of carbonyl (C=O) groups excluding carboxylic acids is 1. The molecule has 2 aromatic rings. The summed E-state index contributed by atoms with van der Waals surface area (Å²) < 4.78 is 48.6. The van der Waals surface area contributed by atoms with E-state index in [0.29, 0.717) is 5.56 Å². The number of rotatable bonds is 2. The monoisotopic (exact) mass is 343 g/mol. The van der Waals surface area contributed by atoms with Gasteiger partial charge in [0.1, 0.15) is 5.82 Å². The Morgan fingerprint density at radius 3 is 2.39 bits per heavy atom. The summed E-state index contributed by atoms with van der Waals surface area (Å²) in [6.07, 6.45) is -3.78. The van der Waals surface area contributed by atoms with Crippen molar-refractivity contribution in [1.82, 2.24) is 0 Å². The van der Waals surface area contributed by atoms with Crippen LogP contribution in [-0.4, -0.2) is 12.2 Å². The standard InChI is InChI=1S/C15H9ClF3NO3/c1-6-7(2-3-10(17)13(6)14(20)21)8-4-11-12(5-9(8)16)23-15(18,19)22-11/h2-5H,1H3,(H2,20,21). The van der Waals surface area contributed by atoms with Crippen LogP contribution in [0.2, 0.25) is 5.02 Å². The van der Waals surface area contributed by atoms with Crippen LogP contribution in [0, 0.1) is 12.7 Å². The van der Waals surface area contributed by atoms with Crippen LogP contribution in [0.5, 0.6) is 11.5 Å². The fraction of sp³-hybridized carbons (Fsp3) is 0.133. The lowest BCUT2D eigenvalue weighted by Crippen LogP contribution is -2.25. The molecule has 0 saturated carbocycles. The number of alkyl halides is 2. The Hall–Kier alpha value is -2.41. The van der Waals surface area contributed by atoms with Crippen LogP contribution in [0.1, 0.15) is 15.9 Å². The SMILES string of the molecule is Cc1c(-c2cc3c(cc2Cl)OC(F)(F)O3)ccc(F)c1C(N)=O. The number of ether oxygens (including phenoxy) is 2. The smallest absolute Gasteiger partial charge is 0.395 e. The van der Waals surface area contributed by atoms with Crippen molar-refractivity contribution >= 4 is 17.5 Å². The van der Waals surface area contributed by atoms with E-state index >= 15 is 0 Å². The third kappa shape index (κ3) is 2.57. The first-order valence-corrected chi connectivity index (χ1v) is 6.76. The lowest BCUT2D eigenvalue weighted by Gasteiger charge is -2.12. The molecule has 1 heterocycles. The Balaban J connectivity index is 2.18.